The van der Waals surface area contributed by atoms with Gasteiger partial charge in [-0.25, -0.2) is 0 Å². The molecule has 1 unspecified atom stereocenters. The zero-order valence-electron chi connectivity index (χ0n) is 45.3. The average molecular weight is 989 g/mol. The number of aliphatic imine (C=N–C) groups is 1. The summed E-state index contributed by atoms with van der Waals surface area (Å²) in [4.78, 5) is 8.17. The maximum Gasteiger partial charge on any atom is 0.143 e. The van der Waals surface area contributed by atoms with E-state index in [-0.39, 0.29) is 27.8 Å². The molecule has 2 aromatic heterocycles. The van der Waals surface area contributed by atoms with Crippen molar-refractivity contribution in [1.29, 1.82) is 0 Å². The molecule has 0 radical (unpaired) electrons. The van der Waals surface area contributed by atoms with E-state index in [0.29, 0.717) is 0 Å². The van der Waals surface area contributed by atoms with Crippen molar-refractivity contribution < 1.29 is 8.83 Å². The minimum absolute atomic E-state index is 0.0267. The standard InChI is InChI=1S/C72H64N2O2/c1-69(2,3)44-27-29-45(30-28-44)74(63-39-58-53(40-73-63)51-37-57-52(38-56(51)71(58,6)7)65-54(70(57,4)5)33-34-62-66(65)48-19-13-15-21-60(48)75-62)46-31-32-47-55(35-46)72(8,9)59-36-50(43-25-23-42(24-26-43)41-17-11-10-12-18-41)68-67(64(47)59)49-20-14-16-22-61(49)76-68/h11,13-23,25,27-38,40,63H,10,12,24,26,39H2,1-9H3. The number of allylic oxidation sites excluding steroid dienone is 9. The number of nitrogens with zero attached hydrogens (tertiary/aromatic N) is 2. The molecule has 76 heavy (non-hydrogen) atoms. The van der Waals surface area contributed by atoms with Crippen LogP contribution in [-0.2, 0) is 21.7 Å². The number of anilines is 2. The van der Waals surface area contributed by atoms with Gasteiger partial charge in [0.2, 0.25) is 0 Å². The number of dihydropyridines is 1. The summed E-state index contributed by atoms with van der Waals surface area (Å²) in [5.74, 6) is 0. The maximum atomic E-state index is 6.96. The molecule has 0 N–H and O–H groups in total. The topological polar surface area (TPSA) is 41.9 Å². The first-order chi connectivity index (χ1) is 36.6. The Labute approximate surface area is 446 Å². The van der Waals surface area contributed by atoms with Gasteiger partial charge in [0.15, 0.2) is 0 Å². The molecule has 0 fully saturated rings. The molecule has 0 saturated carbocycles. The first-order valence-electron chi connectivity index (χ1n) is 27.8. The average Bonchev–Trinajstić information content (AvgIpc) is 4.34. The first-order valence-corrected chi connectivity index (χ1v) is 27.8. The van der Waals surface area contributed by atoms with Crippen LogP contribution in [0.4, 0.5) is 11.4 Å². The van der Waals surface area contributed by atoms with Gasteiger partial charge in [-0.1, -0.05) is 153 Å². The number of para-hydroxylation sites is 2. The molecule has 7 aromatic carbocycles. The molecule has 0 amide bonds. The molecule has 374 valence electrons. The quantitative estimate of drug-likeness (QED) is 0.173. The van der Waals surface area contributed by atoms with Gasteiger partial charge in [0, 0.05) is 72.9 Å². The Kier molecular flexibility index (Phi) is 9.44. The maximum absolute atomic E-state index is 6.96. The monoisotopic (exact) mass is 988 g/mol. The van der Waals surface area contributed by atoms with E-state index in [4.69, 9.17) is 13.8 Å². The van der Waals surface area contributed by atoms with Crippen LogP contribution in [0.25, 0.3) is 77.3 Å². The molecule has 1 atom stereocenters. The normalized spacial score (nSPS) is 19.4. The number of benzene rings is 7. The van der Waals surface area contributed by atoms with Crippen molar-refractivity contribution in [3.05, 3.63) is 213 Å². The highest BCUT2D eigenvalue weighted by Gasteiger charge is 2.46. The zero-order valence-corrected chi connectivity index (χ0v) is 45.3. The second-order valence-electron chi connectivity index (χ2n) is 25.2. The van der Waals surface area contributed by atoms with Gasteiger partial charge in [-0.2, -0.15) is 0 Å². The van der Waals surface area contributed by atoms with Crippen LogP contribution in [0.2, 0.25) is 0 Å². The minimum Gasteiger partial charge on any atom is -0.456 e. The molecular formula is C72H64N2O2. The highest BCUT2D eigenvalue weighted by molar-refractivity contribution is 6.19. The number of rotatable bonds is 5. The number of furan rings is 2. The van der Waals surface area contributed by atoms with E-state index in [1.54, 1.807) is 0 Å². The van der Waals surface area contributed by atoms with Crippen LogP contribution in [0.1, 0.15) is 139 Å². The van der Waals surface area contributed by atoms with E-state index in [1.165, 1.54) is 116 Å². The van der Waals surface area contributed by atoms with E-state index in [0.717, 1.165) is 65.8 Å². The van der Waals surface area contributed by atoms with Gasteiger partial charge >= 0.3 is 0 Å². The predicted octanol–water partition coefficient (Wildman–Crippen LogP) is 19.5. The number of hydrogen-bond acceptors (Lipinski definition) is 4. The van der Waals surface area contributed by atoms with Crippen LogP contribution in [0.5, 0.6) is 0 Å². The second kappa shape index (κ2) is 15.7. The third kappa shape index (κ3) is 6.33. The molecule has 4 nitrogen and oxygen atoms in total. The van der Waals surface area contributed by atoms with Gasteiger partial charge in [-0.3, -0.25) is 4.99 Å². The first kappa shape index (κ1) is 45.7. The lowest BCUT2D eigenvalue weighted by molar-refractivity contribution is 0.561. The van der Waals surface area contributed by atoms with Crippen molar-refractivity contribution in [1.82, 2.24) is 0 Å². The van der Waals surface area contributed by atoms with Crippen LogP contribution < -0.4 is 4.90 Å². The fourth-order valence-corrected chi connectivity index (χ4v) is 14.6. The molecule has 0 bridgehead atoms. The van der Waals surface area contributed by atoms with Crippen molar-refractivity contribution in [3.63, 3.8) is 0 Å². The van der Waals surface area contributed by atoms with Crippen LogP contribution >= 0.6 is 0 Å². The van der Waals surface area contributed by atoms with Crippen LogP contribution in [0.15, 0.2) is 182 Å². The Morgan fingerprint density at radius 1 is 0.553 bits per heavy atom. The van der Waals surface area contributed by atoms with Crippen molar-refractivity contribution >= 4 is 72.6 Å². The summed E-state index contributed by atoms with van der Waals surface area (Å²) < 4.78 is 13.4. The minimum atomic E-state index is -0.292. The van der Waals surface area contributed by atoms with Crippen molar-refractivity contribution in [3.8, 4) is 22.3 Å². The Morgan fingerprint density at radius 3 is 1.93 bits per heavy atom. The van der Waals surface area contributed by atoms with Crippen LogP contribution in [0.3, 0.4) is 0 Å². The fourth-order valence-electron chi connectivity index (χ4n) is 14.6. The summed E-state index contributed by atoms with van der Waals surface area (Å²) in [6.45, 7) is 21.4. The Hall–Kier alpha value is -7.69. The lowest BCUT2D eigenvalue weighted by atomic mass is 9.77. The van der Waals surface area contributed by atoms with Crippen molar-refractivity contribution in [2.24, 2.45) is 4.99 Å². The third-order valence-electron chi connectivity index (χ3n) is 18.8. The molecule has 6 aliphatic rings. The van der Waals surface area contributed by atoms with E-state index in [1.807, 2.05) is 0 Å². The molecule has 15 rings (SSSR count). The van der Waals surface area contributed by atoms with E-state index in [2.05, 4.69) is 225 Å². The molecule has 3 heterocycles. The Bertz CT molecular complexity index is 4250. The van der Waals surface area contributed by atoms with Crippen LogP contribution in [-0.4, -0.2) is 12.4 Å². The molecular weight excluding hydrogens is 925 g/mol. The second-order valence-corrected chi connectivity index (χ2v) is 25.2. The number of hydrogen-bond donors (Lipinski definition) is 0. The van der Waals surface area contributed by atoms with Crippen LogP contribution in [0, 0.1) is 0 Å². The van der Waals surface area contributed by atoms with Gasteiger partial charge in [-0.15, -0.1) is 0 Å². The molecule has 5 aliphatic carbocycles. The molecule has 4 heteroatoms. The summed E-state index contributed by atoms with van der Waals surface area (Å²) >= 11 is 0. The van der Waals surface area contributed by atoms with Gasteiger partial charge in [0.05, 0.1) is 0 Å². The SMILES string of the molecule is CC(C)(C)c1ccc(N(c2ccc3c(c2)C(C)(C)c2cc(C4=CC=C(C5=CCCC=C5)CC4)c4oc5ccccc5c4c2-3)C2CC3=C(C=N2)c2cc4c(cc2C3(C)C)-c2c(ccc3oc5ccccc5c23)C4(C)C)cc1. The summed E-state index contributed by atoms with van der Waals surface area (Å²) in [5, 5.41) is 4.81. The summed E-state index contributed by atoms with van der Waals surface area (Å²) in [5.41, 5.74) is 28.3. The number of fused-ring (bicyclic) bond motifs is 16. The summed E-state index contributed by atoms with van der Waals surface area (Å²) in [6.07, 6.45) is 18.9. The van der Waals surface area contributed by atoms with Gasteiger partial charge < -0.3 is 13.7 Å². The van der Waals surface area contributed by atoms with E-state index >= 15 is 0 Å². The Balaban J connectivity index is 0.844. The molecule has 9 aromatic rings. The van der Waals surface area contributed by atoms with Gasteiger partial charge in [-0.05, 0) is 175 Å². The lowest BCUT2D eigenvalue weighted by Crippen LogP contribution is -2.34. The highest BCUT2D eigenvalue weighted by atomic mass is 16.3. The molecule has 0 saturated heterocycles. The largest absolute Gasteiger partial charge is 0.456 e. The zero-order chi connectivity index (χ0) is 51.8. The molecule has 0 spiro atoms. The fraction of sp³-hybridized carbons (Fsp3) is 0.264. The lowest BCUT2D eigenvalue weighted by Gasteiger charge is -2.37. The van der Waals surface area contributed by atoms with Gasteiger partial charge in [0.25, 0.3) is 0 Å². The van der Waals surface area contributed by atoms with E-state index in [9.17, 15) is 0 Å². The third-order valence-corrected chi connectivity index (χ3v) is 18.8. The summed E-state index contributed by atoms with van der Waals surface area (Å²) in [7, 11) is 0. The summed E-state index contributed by atoms with van der Waals surface area (Å²) in [6, 6.07) is 45.8. The van der Waals surface area contributed by atoms with Gasteiger partial charge in [0.1, 0.15) is 28.5 Å². The van der Waals surface area contributed by atoms with E-state index < -0.39 is 0 Å². The van der Waals surface area contributed by atoms with Crippen molar-refractivity contribution in [2.75, 3.05) is 4.90 Å². The van der Waals surface area contributed by atoms with Crippen molar-refractivity contribution in [2.45, 2.75) is 122 Å². The predicted molar refractivity (Wildman–Crippen MR) is 318 cm³/mol. The smallest absolute Gasteiger partial charge is 0.143 e. The Morgan fingerprint density at radius 2 is 1.20 bits per heavy atom. The highest BCUT2D eigenvalue weighted by Crippen LogP contribution is 2.60. The molecule has 1 aliphatic heterocycles.